The normalized spacial score (nSPS) is 10.5. The molecule has 2 nitrogen and oxygen atoms in total. The maximum absolute atomic E-state index is 3.22. The minimum absolute atomic E-state index is 1.05. The zero-order valence-corrected chi connectivity index (χ0v) is 7.60. The van der Waals surface area contributed by atoms with E-state index in [4.69, 9.17) is 0 Å². The second kappa shape index (κ2) is 5.78. The summed E-state index contributed by atoms with van der Waals surface area (Å²) >= 11 is 2.30. The Kier molecular flexibility index (Phi) is 6.25. The van der Waals surface area contributed by atoms with Gasteiger partial charge in [0, 0.05) is 17.6 Å². The van der Waals surface area contributed by atoms with Crippen molar-refractivity contribution in [2.75, 3.05) is 31.7 Å². The SMILES string of the molecule is CN(C)CCNCI. The van der Waals surface area contributed by atoms with E-state index in [0.717, 1.165) is 17.6 Å². The van der Waals surface area contributed by atoms with Crippen LogP contribution >= 0.6 is 22.6 Å². The summed E-state index contributed by atoms with van der Waals surface area (Å²) in [5, 5.41) is 3.22. The first-order valence-corrected chi connectivity index (χ1v) is 4.21. The van der Waals surface area contributed by atoms with Crippen molar-refractivity contribution in [2.45, 2.75) is 0 Å². The van der Waals surface area contributed by atoms with Gasteiger partial charge in [-0.2, -0.15) is 0 Å². The first-order valence-electron chi connectivity index (χ1n) is 2.69. The summed E-state index contributed by atoms with van der Waals surface area (Å²) in [6.45, 7) is 2.22. The molecule has 0 aromatic carbocycles. The summed E-state index contributed by atoms with van der Waals surface area (Å²) in [6.07, 6.45) is 0. The zero-order chi connectivity index (χ0) is 6.41. The lowest BCUT2D eigenvalue weighted by Crippen LogP contribution is -2.25. The Balaban J connectivity index is 2.72. The Labute approximate surface area is 64.8 Å². The van der Waals surface area contributed by atoms with Gasteiger partial charge in [-0.15, -0.1) is 0 Å². The van der Waals surface area contributed by atoms with Gasteiger partial charge in [0.1, 0.15) is 0 Å². The van der Waals surface area contributed by atoms with Crippen LogP contribution in [0, 0.1) is 0 Å². The van der Waals surface area contributed by atoms with Crippen molar-refractivity contribution in [3.8, 4) is 0 Å². The van der Waals surface area contributed by atoms with Gasteiger partial charge >= 0.3 is 0 Å². The topological polar surface area (TPSA) is 15.3 Å². The van der Waals surface area contributed by atoms with Crippen LogP contribution in [0.5, 0.6) is 0 Å². The summed E-state index contributed by atoms with van der Waals surface area (Å²) < 4.78 is 1.05. The third-order valence-electron chi connectivity index (χ3n) is 0.830. The molecule has 0 atom stereocenters. The Morgan fingerprint density at radius 3 is 2.50 bits per heavy atom. The molecule has 0 saturated heterocycles. The maximum atomic E-state index is 3.22. The van der Waals surface area contributed by atoms with Gasteiger partial charge in [0.25, 0.3) is 0 Å². The number of nitrogens with zero attached hydrogens (tertiary/aromatic N) is 1. The molecule has 0 radical (unpaired) electrons. The molecule has 50 valence electrons. The number of alkyl halides is 1. The van der Waals surface area contributed by atoms with Crippen LogP contribution in [-0.4, -0.2) is 36.6 Å². The molecular weight excluding hydrogens is 215 g/mol. The highest BCUT2D eigenvalue weighted by Gasteiger charge is 1.85. The molecule has 3 heteroatoms. The first-order chi connectivity index (χ1) is 3.77. The lowest BCUT2D eigenvalue weighted by Gasteiger charge is -2.07. The Morgan fingerprint density at radius 2 is 2.12 bits per heavy atom. The van der Waals surface area contributed by atoms with E-state index in [2.05, 4.69) is 46.9 Å². The van der Waals surface area contributed by atoms with E-state index in [1.807, 2.05) is 0 Å². The summed E-state index contributed by atoms with van der Waals surface area (Å²) in [5.41, 5.74) is 0. The monoisotopic (exact) mass is 228 g/mol. The van der Waals surface area contributed by atoms with Gasteiger partial charge in [-0.05, 0) is 14.1 Å². The van der Waals surface area contributed by atoms with Crippen LogP contribution in [0.25, 0.3) is 0 Å². The van der Waals surface area contributed by atoms with Gasteiger partial charge in [0.05, 0.1) is 0 Å². The molecule has 0 aliphatic carbocycles. The highest BCUT2D eigenvalue weighted by Crippen LogP contribution is 1.74. The van der Waals surface area contributed by atoms with Crippen molar-refractivity contribution in [1.82, 2.24) is 10.2 Å². The standard InChI is InChI=1S/C5H13IN2/c1-8(2)4-3-7-5-6/h7H,3-5H2,1-2H3. The van der Waals surface area contributed by atoms with Crippen molar-refractivity contribution < 1.29 is 0 Å². The second-order valence-electron chi connectivity index (χ2n) is 1.94. The average molecular weight is 228 g/mol. The molecule has 0 unspecified atom stereocenters. The van der Waals surface area contributed by atoms with Crippen LogP contribution in [0.4, 0.5) is 0 Å². The van der Waals surface area contributed by atoms with Gasteiger partial charge in [-0.25, -0.2) is 0 Å². The Bertz CT molecular complexity index is 47.7. The lowest BCUT2D eigenvalue weighted by atomic mass is 10.6. The molecule has 0 rings (SSSR count). The molecule has 0 amide bonds. The number of rotatable bonds is 4. The van der Waals surface area contributed by atoms with E-state index in [9.17, 15) is 0 Å². The molecule has 0 saturated carbocycles. The fourth-order valence-electron chi connectivity index (χ4n) is 0.369. The highest BCUT2D eigenvalue weighted by atomic mass is 127. The average Bonchev–Trinajstić information content (AvgIpc) is 1.66. The number of hydrogen-bond donors (Lipinski definition) is 1. The smallest absolute Gasteiger partial charge is 0.0480 e. The Hall–Kier alpha value is 0.650. The molecule has 0 bridgehead atoms. The van der Waals surface area contributed by atoms with Crippen molar-refractivity contribution in [1.29, 1.82) is 0 Å². The molecule has 0 aliphatic rings. The molecule has 0 aromatic heterocycles. The minimum atomic E-state index is 1.05. The largest absolute Gasteiger partial charge is 0.308 e. The summed E-state index contributed by atoms with van der Waals surface area (Å²) in [4.78, 5) is 2.17. The molecule has 0 aromatic rings. The number of likely N-dealkylation sites (N-methyl/N-ethyl adjacent to an activating group) is 1. The second-order valence-corrected chi connectivity index (χ2v) is 2.70. The predicted octanol–water partition coefficient (Wildman–Crippen LogP) is 0.530. The van der Waals surface area contributed by atoms with Gasteiger partial charge in [0.15, 0.2) is 0 Å². The lowest BCUT2D eigenvalue weighted by molar-refractivity contribution is 0.406. The van der Waals surface area contributed by atoms with E-state index in [-0.39, 0.29) is 0 Å². The van der Waals surface area contributed by atoms with Crippen molar-refractivity contribution in [3.05, 3.63) is 0 Å². The summed E-state index contributed by atoms with van der Waals surface area (Å²) in [6, 6.07) is 0. The summed E-state index contributed by atoms with van der Waals surface area (Å²) in [5.74, 6) is 0. The minimum Gasteiger partial charge on any atom is -0.308 e. The van der Waals surface area contributed by atoms with E-state index in [1.165, 1.54) is 0 Å². The van der Waals surface area contributed by atoms with E-state index < -0.39 is 0 Å². The van der Waals surface area contributed by atoms with Crippen LogP contribution in [0.15, 0.2) is 0 Å². The molecule has 0 spiro atoms. The van der Waals surface area contributed by atoms with Crippen molar-refractivity contribution in [2.24, 2.45) is 0 Å². The first kappa shape index (κ1) is 8.65. The van der Waals surface area contributed by atoms with Crippen molar-refractivity contribution >= 4 is 22.6 Å². The molecule has 8 heavy (non-hydrogen) atoms. The summed E-state index contributed by atoms with van der Waals surface area (Å²) in [7, 11) is 4.16. The number of hydrogen-bond acceptors (Lipinski definition) is 2. The molecule has 0 aliphatic heterocycles. The van der Waals surface area contributed by atoms with Gasteiger partial charge < -0.3 is 10.2 Å². The number of nitrogens with one attached hydrogen (secondary N) is 1. The van der Waals surface area contributed by atoms with Crippen LogP contribution in [0.1, 0.15) is 0 Å². The predicted molar refractivity (Wildman–Crippen MR) is 45.4 cm³/mol. The van der Waals surface area contributed by atoms with E-state index in [0.29, 0.717) is 0 Å². The fourth-order valence-corrected chi connectivity index (χ4v) is 0.751. The van der Waals surface area contributed by atoms with Gasteiger partial charge in [0.2, 0.25) is 0 Å². The molecule has 0 heterocycles. The number of halogens is 1. The zero-order valence-electron chi connectivity index (χ0n) is 5.45. The van der Waals surface area contributed by atoms with Crippen LogP contribution in [0.3, 0.4) is 0 Å². The van der Waals surface area contributed by atoms with E-state index >= 15 is 0 Å². The fraction of sp³-hybridized carbons (Fsp3) is 1.00. The highest BCUT2D eigenvalue weighted by molar-refractivity contribution is 14.1. The third-order valence-corrected chi connectivity index (χ3v) is 1.37. The Morgan fingerprint density at radius 1 is 1.50 bits per heavy atom. The van der Waals surface area contributed by atoms with Crippen LogP contribution in [-0.2, 0) is 0 Å². The molecule has 1 N–H and O–H groups in total. The van der Waals surface area contributed by atoms with E-state index in [1.54, 1.807) is 0 Å². The van der Waals surface area contributed by atoms with Crippen molar-refractivity contribution in [3.63, 3.8) is 0 Å². The molecular formula is C5H13IN2. The molecule has 0 fully saturated rings. The van der Waals surface area contributed by atoms with Crippen LogP contribution < -0.4 is 5.32 Å². The van der Waals surface area contributed by atoms with Crippen LogP contribution in [0.2, 0.25) is 0 Å². The maximum Gasteiger partial charge on any atom is 0.0480 e. The van der Waals surface area contributed by atoms with Gasteiger partial charge in [-0.1, -0.05) is 22.6 Å². The quantitative estimate of drug-likeness (QED) is 0.327. The van der Waals surface area contributed by atoms with Gasteiger partial charge in [-0.3, -0.25) is 0 Å². The third kappa shape index (κ3) is 6.65.